The summed E-state index contributed by atoms with van der Waals surface area (Å²) in [5.41, 5.74) is 7.71. The molecule has 0 aliphatic rings. The third-order valence-corrected chi connectivity index (χ3v) is 4.86. The van der Waals surface area contributed by atoms with Crippen molar-refractivity contribution in [2.75, 3.05) is 38.0 Å². The van der Waals surface area contributed by atoms with E-state index in [2.05, 4.69) is 118 Å². The van der Waals surface area contributed by atoms with Crippen molar-refractivity contribution >= 4 is 11.4 Å². The average molecular weight is 345 g/mol. The van der Waals surface area contributed by atoms with Crippen molar-refractivity contribution in [1.29, 1.82) is 0 Å². The van der Waals surface area contributed by atoms with E-state index in [1.54, 1.807) is 0 Å². The maximum absolute atomic E-state index is 2.30. The Bertz CT molecular complexity index is 795. The maximum atomic E-state index is 2.30. The molecule has 0 fully saturated rings. The first-order chi connectivity index (χ1) is 12.5. The summed E-state index contributed by atoms with van der Waals surface area (Å²) < 4.78 is 0. The zero-order valence-electron chi connectivity index (χ0n) is 16.4. The van der Waals surface area contributed by atoms with Crippen molar-refractivity contribution in [3.8, 4) is 0 Å². The molecule has 3 aromatic rings. The summed E-state index contributed by atoms with van der Waals surface area (Å²) in [6.07, 6.45) is 0. The molecule has 0 atom stereocenters. The largest absolute Gasteiger partial charge is 0.378 e. The van der Waals surface area contributed by atoms with Crippen LogP contribution in [-0.2, 0) is 0 Å². The van der Waals surface area contributed by atoms with Gasteiger partial charge in [0.15, 0.2) is 0 Å². The van der Waals surface area contributed by atoms with Gasteiger partial charge >= 0.3 is 0 Å². The topological polar surface area (TPSA) is 6.48 Å². The van der Waals surface area contributed by atoms with Crippen LogP contribution in [0, 0.1) is 6.92 Å². The summed E-state index contributed by atoms with van der Waals surface area (Å²) in [6, 6.07) is 26.7. The summed E-state index contributed by atoms with van der Waals surface area (Å²) in [6.45, 7) is 2.16. The molecule has 0 unspecified atom stereocenters. The van der Waals surface area contributed by atoms with Gasteiger partial charge in [-0.15, -0.1) is 0 Å². The first kappa shape index (κ1) is 18.1. The second-order valence-electron chi connectivity index (χ2n) is 7.32. The van der Waals surface area contributed by atoms with Gasteiger partial charge in [0.2, 0.25) is 0 Å². The Morgan fingerprint density at radius 2 is 1.04 bits per heavy atom. The molecule has 0 spiro atoms. The van der Waals surface area contributed by atoms with Gasteiger partial charge in [-0.2, -0.15) is 0 Å². The van der Waals surface area contributed by atoms with Gasteiger partial charge < -0.3 is 9.80 Å². The molecule has 0 saturated heterocycles. The lowest BCUT2D eigenvalue weighted by Crippen LogP contribution is -2.10. The smallest absolute Gasteiger partial charge is 0.0361 e. The molecule has 0 saturated carbocycles. The fourth-order valence-corrected chi connectivity index (χ4v) is 3.36. The summed E-state index contributed by atoms with van der Waals surface area (Å²) in [4.78, 5) is 4.27. The number of rotatable bonds is 5. The van der Waals surface area contributed by atoms with Crippen LogP contribution in [0.25, 0.3) is 0 Å². The highest BCUT2D eigenvalue weighted by molar-refractivity contribution is 5.53. The van der Waals surface area contributed by atoms with E-state index in [0.29, 0.717) is 0 Å². The van der Waals surface area contributed by atoms with E-state index in [0.717, 1.165) is 0 Å². The molecular formula is C24H28N2. The van der Waals surface area contributed by atoms with Crippen LogP contribution in [0.4, 0.5) is 11.4 Å². The molecule has 0 aromatic heterocycles. The lowest BCUT2D eigenvalue weighted by atomic mass is 9.84. The van der Waals surface area contributed by atoms with E-state index >= 15 is 0 Å². The monoisotopic (exact) mass is 344 g/mol. The van der Waals surface area contributed by atoms with Crippen molar-refractivity contribution in [2.45, 2.75) is 12.8 Å². The summed E-state index contributed by atoms with van der Waals surface area (Å²) in [5, 5.41) is 0. The second kappa shape index (κ2) is 7.65. The lowest BCUT2D eigenvalue weighted by Gasteiger charge is -2.22. The van der Waals surface area contributed by atoms with Gasteiger partial charge in [0.25, 0.3) is 0 Å². The number of hydrogen-bond donors (Lipinski definition) is 0. The minimum atomic E-state index is 0.238. The van der Waals surface area contributed by atoms with Gasteiger partial charge in [0.05, 0.1) is 0 Å². The first-order valence-electron chi connectivity index (χ1n) is 9.07. The van der Waals surface area contributed by atoms with Gasteiger partial charge in [-0.25, -0.2) is 0 Å². The van der Waals surface area contributed by atoms with Gasteiger partial charge in [-0.3, -0.25) is 0 Å². The molecule has 3 rings (SSSR count). The van der Waals surface area contributed by atoms with Crippen LogP contribution in [0.2, 0.25) is 0 Å². The Morgan fingerprint density at radius 3 is 1.42 bits per heavy atom. The molecule has 0 aliphatic carbocycles. The van der Waals surface area contributed by atoms with Crippen LogP contribution >= 0.6 is 0 Å². The minimum absolute atomic E-state index is 0.238. The first-order valence-corrected chi connectivity index (χ1v) is 9.07. The van der Waals surface area contributed by atoms with Crippen LogP contribution in [0.1, 0.15) is 28.2 Å². The molecule has 0 amide bonds. The van der Waals surface area contributed by atoms with Crippen molar-refractivity contribution in [3.63, 3.8) is 0 Å². The van der Waals surface area contributed by atoms with E-state index in [9.17, 15) is 0 Å². The van der Waals surface area contributed by atoms with Crippen molar-refractivity contribution in [2.24, 2.45) is 0 Å². The quantitative estimate of drug-likeness (QED) is 0.579. The van der Waals surface area contributed by atoms with E-state index in [1.807, 2.05) is 0 Å². The average Bonchev–Trinajstić information content (AvgIpc) is 2.63. The number of nitrogens with zero attached hydrogens (tertiary/aromatic N) is 2. The third kappa shape index (κ3) is 3.91. The highest BCUT2D eigenvalue weighted by Crippen LogP contribution is 2.34. The summed E-state index contributed by atoms with van der Waals surface area (Å²) in [5.74, 6) is 0.238. The Kier molecular flexibility index (Phi) is 5.32. The van der Waals surface area contributed by atoms with Crippen LogP contribution in [0.3, 0.4) is 0 Å². The Morgan fingerprint density at radius 1 is 0.577 bits per heavy atom. The molecule has 26 heavy (non-hydrogen) atoms. The van der Waals surface area contributed by atoms with Gasteiger partial charge in [0.1, 0.15) is 0 Å². The van der Waals surface area contributed by atoms with Gasteiger partial charge in [-0.05, 0) is 47.9 Å². The molecule has 134 valence electrons. The van der Waals surface area contributed by atoms with Crippen molar-refractivity contribution < 1.29 is 0 Å². The summed E-state index contributed by atoms with van der Waals surface area (Å²) in [7, 11) is 8.31. The van der Waals surface area contributed by atoms with Crippen molar-refractivity contribution in [1.82, 2.24) is 0 Å². The molecule has 2 heteroatoms. The molecule has 3 aromatic carbocycles. The van der Waals surface area contributed by atoms with Crippen molar-refractivity contribution in [3.05, 3.63) is 95.1 Å². The predicted molar refractivity (Wildman–Crippen MR) is 114 cm³/mol. The van der Waals surface area contributed by atoms with Crippen LogP contribution < -0.4 is 9.80 Å². The standard InChI is InChI=1S/C24H28N2/c1-18-7-6-8-21(17-18)24(19-9-13-22(14-10-19)25(2)3)20-11-15-23(16-12-20)26(4)5/h6-17,24H,1-5H3. The summed E-state index contributed by atoms with van der Waals surface area (Å²) >= 11 is 0. The molecule has 0 bridgehead atoms. The fraction of sp³-hybridized carbons (Fsp3) is 0.250. The molecule has 0 aliphatic heterocycles. The van der Waals surface area contributed by atoms with Crippen LogP contribution in [0.15, 0.2) is 72.8 Å². The van der Waals surface area contributed by atoms with E-state index in [-0.39, 0.29) is 5.92 Å². The zero-order valence-corrected chi connectivity index (χ0v) is 16.4. The van der Waals surface area contributed by atoms with E-state index < -0.39 is 0 Å². The fourth-order valence-electron chi connectivity index (χ4n) is 3.36. The highest BCUT2D eigenvalue weighted by atomic mass is 15.1. The number of anilines is 2. The molecule has 0 heterocycles. The Balaban J connectivity index is 2.07. The molecule has 0 radical (unpaired) electrons. The number of aryl methyl sites for hydroxylation is 1. The Hall–Kier alpha value is -2.74. The molecular weight excluding hydrogens is 316 g/mol. The minimum Gasteiger partial charge on any atom is -0.378 e. The van der Waals surface area contributed by atoms with Crippen LogP contribution in [0.5, 0.6) is 0 Å². The van der Waals surface area contributed by atoms with Crippen LogP contribution in [-0.4, -0.2) is 28.2 Å². The molecule has 2 nitrogen and oxygen atoms in total. The maximum Gasteiger partial charge on any atom is 0.0361 e. The highest BCUT2D eigenvalue weighted by Gasteiger charge is 2.17. The third-order valence-electron chi connectivity index (χ3n) is 4.86. The van der Waals surface area contributed by atoms with E-state index in [4.69, 9.17) is 0 Å². The number of benzene rings is 3. The Labute approximate surface area is 157 Å². The van der Waals surface area contributed by atoms with Gasteiger partial charge in [0, 0.05) is 45.5 Å². The van der Waals surface area contributed by atoms with E-state index in [1.165, 1.54) is 33.6 Å². The SMILES string of the molecule is Cc1cccc(C(c2ccc(N(C)C)cc2)c2ccc(N(C)C)cc2)c1. The predicted octanol–water partition coefficient (Wildman–Crippen LogP) is 5.31. The van der Waals surface area contributed by atoms with Gasteiger partial charge in [-0.1, -0.05) is 54.1 Å². The lowest BCUT2D eigenvalue weighted by molar-refractivity contribution is 0.970. The second-order valence-corrected chi connectivity index (χ2v) is 7.32. The zero-order chi connectivity index (χ0) is 18.7. The molecule has 0 N–H and O–H groups in total. The normalized spacial score (nSPS) is 10.8. The number of hydrogen-bond acceptors (Lipinski definition) is 2.